The Kier molecular flexibility index (Phi) is 7.49. The van der Waals surface area contributed by atoms with E-state index in [4.69, 9.17) is 4.74 Å². The van der Waals surface area contributed by atoms with Gasteiger partial charge in [0.25, 0.3) is 5.91 Å². The smallest absolute Gasteiger partial charge is 0.255 e. The number of carbonyl (C=O) groups is 1. The van der Waals surface area contributed by atoms with Gasteiger partial charge in [0.15, 0.2) is 5.82 Å². The highest BCUT2D eigenvalue weighted by atomic mass is 32.2. The lowest BCUT2D eigenvalue weighted by molar-refractivity contribution is 0.102. The van der Waals surface area contributed by atoms with Crippen LogP contribution in [0, 0.1) is 0 Å². The lowest BCUT2D eigenvalue weighted by atomic mass is 9.85. The van der Waals surface area contributed by atoms with Crippen LogP contribution in [0.1, 0.15) is 42.4 Å². The zero-order valence-electron chi connectivity index (χ0n) is 20.6. The molecule has 0 saturated heterocycles. The van der Waals surface area contributed by atoms with Crippen molar-refractivity contribution in [2.45, 2.75) is 36.8 Å². The Morgan fingerprint density at radius 1 is 1.08 bits per heavy atom. The Balaban J connectivity index is 1.36. The fraction of sp³-hybridized carbons (Fsp3) is 0.222. The zero-order chi connectivity index (χ0) is 25.7. The predicted molar refractivity (Wildman–Crippen MR) is 143 cm³/mol. The van der Waals surface area contributed by atoms with Crippen molar-refractivity contribution in [1.29, 1.82) is 0 Å². The predicted octanol–water partition coefficient (Wildman–Crippen LogP) is 6.10. The monoisotopic (exact) mass is 503 g/mol. The van der Waals surface area contributed by atoms with Gasteiger partial charge >= 0.3 is 0 Å². The first-order chi connectivity index (χ1) is 17.2. The van der Waals surface area contributed by atoms with E-state index in [1.165, 1.54) is 0 Å². The molecule has 0 radical (unpaired) electrons. The van der Waals surface area contributed by atoms with Crippen LogP contribution in [0.4, 0.5) is 17.2 Å². The maximum absolute atomic E-state index is 12.9. The minimum Gasteiger partial charge on any atom is -0.508 e. The van der Waals surface area contributed by atoms with E-state index < -0.39 is 0 Å². The van der Waals surface area contributed by atoms with Crippen LogP contribution in [0.3, 0.4) is 0 Å². The van der Waals surface area contributed by atoms with Crippen molar-refractivity contribution in [3.8, 4) is 11.6 Å². The molecule has 2 heterocycles. The Bertz CT molecular complexity index is 1350. The fourth-order valence-electron chi connectivity index (χ4n) is 3.53. The van der Waals surface area contributed by atoms with Crippen molar-refractivity contribution in [2.75, 3.05) is 17.7 Å². The van der Waals surface area contributed by atoms with E-state index in [9.17, 15) is 9.90 Å². The lowest BCUT2D eigenvalue weighted by Crippen LogP contribution is -2.16. The summed E-state index contributed by atoms with van der Waals surface area (Å²) in [5.41, 5.74) is 3.43. The van der Waals surface area contributed by atoms with Crippen molar-refractivity contribution in [3.63, 3.8) is 0 Å². The first-order valence-electron chi connectivity index (χ1n) is 11.4. The molecular weight excluding hydrogens is 474 g/mol. The van der Waals surface area contributed by atoms with E-state index in [-0.39, 0.29) is 17.1 Å². The third-order valence-corrected chi connectivity index (χ3v) is 6.44. The summed E-state index contributed by atoms with van der Waals surface area (Å²) >= 11 is 1.63. The first-order valence-corrected chi connectivity index (χ1v) is 12.4. The summed E-state index contributed by atoms with van der Waals surface area (Å²) in [4.78, 5) is 18.0. The Hall–Kier alpha value is -3.98. The highest BCUT2D eigenvalue weighted by Crippen LogP contribution is 2.32. The van der Waals surface area contributed by atoms with E-state index >= 15 is 0 Å². The minimum atomic E-state index is -0.273. The van der Waals surface area contributed by atoms with Gasteiger partial charge in [0.2, 0.25) is 5.88 Å². The van der Waals surface area contributed by atoms with Crippen LogP contribution in [0.25, 0.3) is 0 Å². The summed E-state index contributed by atoms with van der Waals surface area (Å²) in [6.45, 7) is 6.00. The van der Waals surface area contributed by atoms with Gasteiger partial charge in [-0.2, -0.15) is 5.10 Å². The average molecular weight is 504 g/mol. The quantitative estimate of drug-likeness (QED) is 0.215. The lowest BCUT2D eigenvalue weighted by Gasteiger charge is -2.21. The number of phenolic OH excluding ortho intramolecular Hbond substituents is 1. The molecule has 0 aliphatic rings. The van der Waals surface area contributed by atoms with Gasteiger partial charge in [-0.25, -0.2) is 4.98 Å². The topological polar surface area (TPSA) is 112 Å². The molecule has 0 unspecified atom stereocenters. The number of anilines is 3. The van der Waals surface area contributed by atoms with E-state index in [2.05, 4.69) is 25.8 Å². The number of nitrogens with one attached hydrogen (secondary N) is 3. The molecule has 9 heteroatoms. The molecule has 0 saturated carbocycles. The highest BCUT2D eigenvalue weighted by molar-refractivity contribution is 7.98. The van der Waals surface area contributed by atoms with Gasteiger partial charge in [-0.3, -0.25) is 9.89 Å². The molecule has 8 nitrogen and oxygen atoms in total. The maximum Gasteiger partial charge on any atom is 0.255 e. The number of carbonyl (C=O) groups excluding carboxylic acids is 1. The molecule has 2 aromatic carbocycles. The third-order valence-electron chi connectivity index (χ3n) is 5.40. The number of nitrogens with zero attached hydrogens (tertiary/aromatic N) is 2. The van der Waals surface area contributed by atoms with Crippen LogP contribution in [-0.2, 0) is 11.2 Å². The van der Waals surface area contributed by atoms with Crippen LogP contribution < -0.4 is 15.4 Å². The summed E-state index contributed by atoms with van der Waals surface area (Å²) < 4.78 is 5.07. The summed E-state index contributed by atoms with van der Waals surface area (Å²) in [5, 5.41) is 23.7. The zero-order valence-corrected chi connectivity index (χ0v) is 21.4. The average Bonchev–Trinajstić information content (AvgIpc) is 3.30. The van der Waals surface area contributed by atoms with E-state index in [0.717, 1.165) is 21.8 Å². The number of aromatic nitrogens is 3. The number of rotatable bonds is 8. The van der Waals surface area contributed by atoms with Gasteiger partial charge in [-0.15, -0.1) is 11.8 Å². The molecule has 1 amide bonds. The largest absolute Gasteiger partial charge is 0.508 e. The molecule has 0 aliphatic carbocycles. The van der Waals surface area contributed by atoms with Crippen molar-refractivity contribution >= 4 is 34.9 Å². The van der Waals surface area contributed by atoms with Crippen LogP contribution in [0.2, 0.25) is 0 Å². The van der Waals surface area contributed by atoms with E-state index in [1.807, 2.05) is 57.2 Å². The molecule has 186 valence electrons. The fourth-order valence-corrected chi connectivity index (χ4v) is 4.38. The molecular formula is C27H29N5O3S. The molecule has 0 fully saturated rings. The maximum atomic E-state index is 12.9. The van der Waals surface area contributed by atoms with Crippen LogP contribution in [0.5, 0.6) is 11.6 Å². The van der Waals surface area contributed by atoms with Crippen LogP contribution >= 0.6 is 11.8 Å². The van der Waals surface area contributed by atoms with E-state index in [1.54, 1.807) is 49.3 Å². The molecule has 2 aromatic heterocycles. The number of hydrogen-bond donors (Lipinski definition) is 4. The van der Waals surface area contributed by atoms with Gasteiger partial charge in [0.05, 0.1) is 19.0 Å². The van der Waals surface area contributed by atoms with Crippen molar-refractivity contribution in [3.05, 3.63) is 83.7 Å². The summed E-state index contributed by atoms with van der Waals surface area (Å²) in [6, 6.07) is 18.2. The molecule has 4 N–H and O–H groups in total. The number of ether oxygens (including phenoxy) is 1. The second-order valence-electron chi connectivity index (χ2n) is 9.25. The van der Waals surface area contributed by atoms with Gasteiger partial charge in [-0.05, 0) is 47.9 Å². The molecule has 0 aliphatic heterocycles. The summed E-state index contributed by atoms with van der Waals surface area (Å²) in [7, 11) is 1.58. The normalized spacial score (nSPS) is 11.2. The number of amides is 1. The summed E-state index contributed by atoms with van der Waals surface area (Å²) in [6.07, 6.45) is 1.68. The molecule has 0 spiro atoms. The minimum absolute atomic E-state index is 0.190. The Labute approximate surface area is 214 Å². The second kappa shape index (κ2) is 10.7. The first kappa shape index (κ1) is 25.1. The van der Waals surface area contributed by atoms with Crippen molar-refractivity contribution in [2.24, 2.45) is 0 Å². The van der Waals surface area contributed by atoms with Gasteiger partial charge in [0, 0.05) is 45.3 Å². The number of benzene rings is 2. The number of hydrogen-bond acceptors (Lipinski definition) is 7. The Morgan fingerprint density at radius 3 is 2.64 bits per heavy atom. The van der Waals surface area contributed by atoms with Gasteiger partial charge < -0.3 is 20.5 Å². The molecule has 0 bridgehead atoms. The standard InChI is InChI=1S/C27H29N5O3S/c1-27(2,3)22-12-17(8-10-23(22)33)26(34)30-18-6-5-7-21(13-18)36-16-20-14-24(32-31-20)29-19-9-11-25(35-4)28-15-19/h5-15,33H,16H2,1-4H3,(H,30,34)(H2,29,31,32). The molecule has 36 heavy (non-hydrogen) atoms. The number of phenols is 1. The molecule has 4 aromatic rings. The number of H-pyrrole nitrogens is 1. The number of pyridine rings is 1. The van der Waals surface area contributed by atoms with Crippen molar-refractivity contribution < 1.29 is 14.6 Å². The second-order valence-corrected chi connectivity index (χ2v) is 10.3. The number of thioether (sulfide) groups is 1. The third kappa shape index (κ3) is 6.37. The molecule has 4 rings (SSSR count). The van der Waals surface area contributed by atoms with Gasteiger partial charge in [0.1, 0.15) is 5.75 Å². The van der Waals surface area contributed by atoms with E-state index in [0.29, 0.717) is 28.7 Å². The SMILES string of the molecule is COc1ccc(Nc2cc(CSc3cccc(NC(=O)c4ccc(O)c(C(C)(C)C)c4)c3)[nH]n2)cn1. The summed E-state index contributed by atoms with van der Waals surface area (Å²) in [5.74, 6) is 1.90. The van der Waals surface area contributed by atoms with Crippen LogP contribution in [-0.4, -0.2) is 33.3 Å². The van der Waals surface area contributed by atoms with Crippen LogP contribution in [0.15, 0.2) is 71.8 Å². The van der Waals surface area contributed by atoms with Crippen molar-refractivity contribution in [1.82, 2.24) is 15.2 Å². The Morgan fingerprint density at radius 2 is 1.92 bits per heavy atom. The number of aromatic amines is 1. The number of aromatic hydroxyl groups is 1. The highest BCUT2D eigenvalue weighted by Gasteiger charge is 2.20. The molecule has 0 atom stereocenters. The number of methoxy groups -OCH3 is 1. The van der Waals surface area contributed by atoms with Gasteiger partial charge in [-0.1, -0.05) is 26.8 Å².